The Morgan fingerprint density at radius 1 is 0.731 bits per heavy atom. The summed E-state index contributed by atoms with van der Waals surface area (Å²) < 4.78 is 0. The van der Waals surface area contributed by atoms with E-state index in [0.29, 0.717) is 5.57 Å². The average molecular weight is 351 g/mol. The van der Waals surface area contributed by atoms with Gasteiger partial charge in [-0.1, -0.05) is 41.5 Å². The van der Waals surface area contributed by atoms with Crippen LogP contribution in [0.25, 0.3) is 0 Å². The fraction of sp³-hybridized carbons (Fsp3) is 0.435. The van der Waals surface area contributed by atoms with E-state index in [9.17, 15) is 9.59 Å². The van der Waals surface area contributed by atoms with Crippen molar-refractivity contribution < 1.29 is 9.59 Å². The highest BCUT2D eigenvalue weighted by atomic mass is 16.1. The largest absolute Gasteiger partial charge is 0.289 e. The molecule has 3 heteroatoms. The number of hydrogen-bond donors (Lipinski definition) is 0. The van der Waals surface area contributed by atoms with Crippen LogP contribution < -0.4 is 0 Å². The first kappa shape index (κ1) is 20.0. The van der Waals surface area contributed by atoms with Crippen molar-refractivity contribution in [3.8, 4) is 0 Å². The number of rotatable bonds is 1. The van der Waals surface area contributed by atoms with E-state index >= 15 is 0 Å². The highest BCUT2D eigenvalue weighted by Gasteiger charge is 2.28. The van der Waals surface area contributed by atoms with Crippen molar-refractivity contribution in [1.29, 1.82) is 0 Å². The second-order valence-electron chi connectivity index (χ2n) is 9.11. The standard InChI is InChI=1S/C23H29NO2/c1-14-9-16(11-18(20(14)25)22(3,4)5)13-24-17-10-15(2)21(26)19(12-17)23(6,7)8/h9-13H,1-8H3. The fourth-order valence-corrected chi connectivity index (χ4v) is 2.97. The van der Waals surface area contributed by atoms with E-state index in [2.05, 4.69) is 4.99 Å². The molecule has 138 valence electrons. The first-order valence-electron chi connectivity index (χ1n) is 8.99. The van der Waals surface area contributed by atoms with Gasteiger partial charge in [0.1, 0.15) is 0 Å². The van der Waals surface area contributed by atoms with Crippen LogP contribution in [0.1, 0.15) is 55.4 Å². The molecule has 0 N–H and O–H groups in total. The summed E-state index contributed by atoms with van der Waals surface area (Å²) in [5.41, 5.74) is 4.19. The quantitative estimate of drug-likeness (QED) is 0.601. The lowest BCUT2D eigenvalue weighted by atomic mass is 9.78. The van der Waals surface area contributed by atoms with Crippen LogP contribution >= 0.6 is 0 Å². The normalized spacial score (nSPS) is 22.3. The lowest BCUT2D eigenvalue weighted by Gasteiger charge is -2.25. The third-order valence-corrected chi connectivity index (χ3v) is 4.54. The minimum absolute atomic E-state index is 0.0815. The first-order valence-corrected chi connectivity index (χ1v) is 8.99. The Hall–Kier alpha value is -2.29. The maximum Gasteiger partial charge on any atom is 0.185 e. The summed E-state index contributed by atoms with van der Waals surface area (Å²) in [6.07, 6.45) is 9.23. The molecule has 0 bridgehead atoms. The molecule has 0 aromatic rings. The van der Waals surface area contributed by atoms with E-state index in [1.807, 2.05) is 79.7 Å². The minimum atomic E-state index is -0.229. The summed E-state index contributed by atoms with van der Waals surface area (Å²) >= 11 is 0. The van der Waals surface area contributed by atoms with Gasteiger partial charge in [0.25, 0.3) is 0 Å². The maximum atomic E-state index is 12.4. The van der Waals surface area contributed by atoms with Crippen LogP contribution in [0.15, 0.2) is 63.4 Å². The van der Waals surface area contributed by atoms with Crippen molar-refractivity contribution in [2.45, 2.75) is 55.4 Å². The second-order valence-corrected chi connectivity index (χ2v) is 9.11. The Morgan fingerprint density at radius 3 is 1.69 bits per heavy atom. The summed E-state index contributed by atoms with van der Waals surface area (Å²) in [5, 5.41) is 0. The van der Waals surface area contributed by atoms with Crippen LogP contribution in [0.3, 0.4) is 0 Å². The van der Waals surface area contributed by atoms with Crippen molar-refractivity contribution in [1.82, 2.24) is 0 Å². The van der Waals surface area contributed by atoms with Gasteiger partial charge in [-0.2, -0.15) is 0 Å². The lowest BCUT2D eigenvalue weighted by molar-refractivity contribution is -0.113. The molecule has 0 saturated carbocycles. The van der Waals surface area contributed by atoms with Crippen molar-refractivity contribution in [3.63, 3.8) is 0 Å². The van der Waals surface area contributed by atoms with E-state index in [-0.39, 0.29) is 22.4 Å². The van der Waals surface area contributed by atoms with Crippen molar-refractivity contribution >= 4 is 17.3 Å². The van der Waals surface area contributed by atoms with Gasteiger partial charge in [-0.15, -0.1) is 0 Å². The number of hydrogen-bond acceptors (Lipinski definition) is 3. The van der Waals surface area contributed by atoms with Gasteiger partial charge in [-0.25, -0.2) is 0 Å². The molecule has 0 spiro atoms. The summed E-state index contributed by atoms with van der Waals surface area (Å²) in [6, 6.07) is 0. The Balaban J connectivity index is 2.47. The molecular formula is C23H29NO2. The number of Topliss-reactive ketones (excluding diaryl/α,β-unsaturated/α-hetero) is 2. The van der Waals surface area contributed by atoms with E-state index in [4.69, 9.17) is 0 Å². The highest BCUT2D eigenvalue weighted by molar-refractivity contribution is 6.22. The Labute approximate surface area is 157 Å². The third-order valence-electron chi connectivity index (χ3n) is 4.54. The van der Waals surface area contributed by atoms with Crippen LogP contribution in [0, 0.1) is 10.8 Å². The van der Waals surface area contributed by atoms with Gasteiger partial charge in [-0.3, -0.25) is 14.6 Å². The molecule has 0 atom stereocenters. The van der Waals surface area contributed by atoms with Crippen LogP contribution in [0.2, 0.25) is 0 Å². The van der Waals surface area contributed by atoms with E-state index in [1.165, 1.54) is 0 Å². The molecule has 0 aliphatic heterocycles. The van der Waals surface area contributed by atoms with Crippen LogP contribution in [0.5, 0.6) is 0 Å². The number of carbonyl (C=O) groups excluding carboxylic acids is 2. The topological polar surface area (TPSA) is 46.5 Å². The summed E-state index contributed by atoms with van der Waals surface area (Å²) in [4.78, 5) is 29.4. The maximum absolute atomic E-state index is 12.4. The zero-order chi connectivity index (χ0) is 19.9. The molecule has 3 nitrogen and oxygen atoms in total. The van der Waals surface area contributed by atoms with Gasteiger partial charge >= 0.3 is 0 Å². The van der Waals surface area contributed by atoms with Gasteiger partial charge < -0.3 is 0 Å². The van der Waals surface area contributed by atoms with Crippen molar-refractivity contribution in [3.05, 3.63) is 58.4 Å². The van der Waals surface area contributed by atoms with Gasteiger partial charge in [0.2, 0.25) is 0 Å². The smallest absolute Gasteiger partial charge is 0.185 e. The minimum Gasteiger partial charge on any atom is -0.289 e. The SMILES string of the molecule is CC1=CC(=CN=C2C=C(C)C(=O)C(C(C)(C)C)=C2)C=C(C(C)(C)C)C1=O. The van der Waals surface area contributed by atoms with E-state index < -0.39 is 0 Å². The number of nitrogens with zero attached hydrogens (tertiary/aromatic N) is 1. The number of allylic oxidation sites excluding steroid dienone is 9. The first-order chi connectivity index (χ1) is 11.8. The molecule has 2 rings (SSSR count). The molecule has 2 aliphatic rings. The molecule has 0 fully saturated rings. The van der Waals surface area contributed by atoms with Gasteiger partial charge in [-0.05, 0) is 65.7 Å². The second kappa shape index (κ2) is 6.79. The molecular weight excluding hydrogens is 322 g/mol. The van der Waals surface area contributed by atoms with Gasteiger partial charge in [0.05, 0.1) is 5.71 Å². The zero-order valence-corrected chi connectivity index (χ0v) is 17.2. The van der Waals surface area contributed by atoms with E-state index in [0.717, 1.165) is 28.0 Å². The van der Waals surface area contributed by atoms with Crippen molar-refractivity contribution in [2.75, 3.05) is 0 Å². The Morgan fingerprint density at radius 2 is 1.19 bits per heavy atom. The van der Waals surface area contributed by atoms with Crippen molar-refractivity contribution in [2.24, 2.45) is 15.8 Å². The Kier molecular flexibility index (Phi) is 5.23. The molecule has 0 aromatic carbocycles. The summed E-state index contributed by atoms with van der Waals surface area (Å²) in [5.74, 6) is 0.175. The van der Waals surface area contributed by atoms with E-state index in [1.54, 1.807) is 6.20 Å². The van der Waals surface area contributed by atoms with Gasteiger partial charge in [0.15, 0.2) is 11.6 Å². The summed E-state index contributed by atoms with van der Waals surface area (Å²) in [7, 11) is 0. The monoisotopic (exact) mass is 351 g/mol. The lowest BCUT2D eigenvalue weighted by Crippen LogP contribution is -2.23. The summed E-state index contributed by atoms with van der Waals surface area (Å²) in [6.45, 7) is 15.9. The fourth-order valence-electron chi connectivity index (χ4n) is 2.97. The molecule has 0 unspecified atom stereocenters. The van der Waals surface area contributed by atoms with Crippen LogP contribution in [0.4, 0.5) is 0 Å². The predicted molar refractivity (Wildman–Crippen MR) is 108 cm³/mol. The zero-order valence-electron chi connectivity index (χ0n) is 17.2. The van der Waals surface area contributed by atoms with Crippen LogP contribution in [-0.2, 0) is 9.59 Å². The molecule has 2 aliphatic carbocycles. The molecule has 0 radical (unpaired) electrons. The number of ketones is 2. The number of aliphatic imine (C=N–C) groups is 1. The van der Waals surface area contributed by atoms with Gasteiger partial charge in [0, 0.05) is 17.3 Å². The third kappa shape index (κ3) is 4.27. The molecule has 0 saturated heterocycles. The Bertz CT molecular complexity index is 770. The average Bonchev–Trinajstić information content (AvgIpc) is 2.49. The molecule has 26 heavy (non-hydrogen) atoms. The highest BCUT2D eigenvalue weighted by Crippen LogP contribution is 2.33. The molecule has 0 aromatic heterocycles. The van der Waals surface area contributed by atoms with Crippen LogP contribution in [-0.4, -0.2) is 17.3 Å². The molecule has 0 amide bonds. The number of carbonyl (C=O) groups is 2. The predicted octanol–water partition coefficient (Wildman–Crippen LogP) is 5.31. The molecule has 0 heterocycles.